The molecule has 2 aliphatic heterocycles. The van der Waals surface area contributed by atoms with Crippen LogP contribution in [0.4, 0.5) is 4.79 Å². The molecule has 152 valence electrons. The predicted octanol–water partition coefficient (Wildman–Crippen LogP) is 2.07. The molecular weight excluding hydrogens is 445 g/mol. The third-order valence-electron chi connectivity index (χ3n) is 5.15. The molecule has 1 atom stereocenters. The molecule has 0 saturated carbocycles. The van der Waals surface area contributed by atoms with E-state index < -0.39 is 0 Å². The van der Waals surface area contributed by atoms with Crippen molar-refractivity contribution in [1.29, 1.82) is 0 Å². The molecule has 1 N–H and O–H groups in total. The Balaban J connectivity index is 0.00000338. The fourth-order valence-corrected chi connectivity index (χ4v) is 3.62. The van der Waals surface area contributed by atoms with Crippen LogP contribution in [0.1, 0.15) is 33.6 Å². The predicted molar refractivity (Wildman–Crippen MR) is 116 cm³/mol. The summed E-state index contributed by atoms with van der Waals surface area (Å²) in [6, 6.07) is 0.623. The van der Waals surface area contributed by atoms with Crippen LogP contribution in [0.5, 0.6) is 0 Å². The molecule has 2 aliphatic rings. The summed E-state index contributed by atoms with van der Waals surface area (Å²) in [5.74, 6) is 1.62. The maximum Gasteiger partial charge on any atom is 0.409 e. The van der Waals surface area contributed by atoms with Crippen molar-refractivity contribution in [2.24, 2.45) is 10.9 Å². The van der Waals surface area contributed by atoms with Gasteiger partial charge in [-0.1, -0.05) is 0 Å². The number of amides is 1. The van der Waals surface area contributed by atoms with Gasteiger partial charge in [-0.15, -0.1) is 24.0 Å². The van der Waals surface area contributed by atoms with Crippen LogP contribution in [0.3, 0.4) is 0 Å². The van der Waals surface area contributed by atoms with Crippen molar-refractivity contribution in [1.82, 2.24) is 20.0 Å². The first kappa shape index (κ1) is 23.3. The van der Waals surface area contributed by atoms with Gasteiger partial charge in [0.1, 0.15) is 0 Å². The molecule has 0 spiro atoms. The Bertz CT molecular complexity index is 453. The largest absolute Gasteiger partial charge is 0.450 e. The molecule has 7 nitrogen and oxygen atoms in total. The highest BCUT2D eigenvalue weighted by atomic mass is 127. The van der Waals surface area contributed by atoms with Crippen LogP contribution in [0, 0.1) is 5.92 Å². The summed E-state index contributed by atoms with van der Waals surface area (Å²) in [5, 5.41) is 3.55. The Hall–Kier alpha value is -0.770. The number of aliphatic imine (C=N–C) groups is 1. The Morgan fingerprint density at radius 3 is 2.42 bits per heavy atom. The molecule has 0 radical (unpaired) electrons. The second kappa shape index (κ2) is 11.8. The molecule has 2 heterocycles. The topological polar surface area (TPSA) is 60.4 Å². The summed E-state index contributed by atoms with van der Waals surface area (Å²) >= 11 is 0. The number of hydrogen-bond acceptors (Lipinski definition) is 4. The van der Waals surface area contributed by atoms with Gasteiger partial charge in [-0.2, -0.15) is 0 Å². The van der Waals surface area contributed by atoms with Gasteiger partial charge in [-0.25, -0.2) is 4.79 Å². The summed E-state index contributed by atoms with van der Waals surface area (Å²) in [7, 11) is 1.83. The van der Waals surface area contributed by atoms with Crippen LogP contribution >= 0.6 is 24.0 Å². The number of likely N-dealkylation sites (tertiary alicyclic amines) is 1. The number of piperazine rings is 1. The zero-order valence-electron chi connectivity index (χ0n) is 16.7. The summed E-state index contributed by atoms with van der Waals surface area (Å²) in [4.78, 5) is 22.8. The number of hydrogen-bond donors (Lipinski definition) is 1. The van der Waals surface area contributed by atoms with Crippen molar-refractivity contribution in [3.05, 3.63) is 0 Å². The van der Waals surface area contributed by atoms with Crippen LogP contribution in [-0.2, 0) is 4.74 Å². The van der Waals surface area contributed by atoms with Gasteiger partial charge in [0.2, 0.25) is 0 Å². The molecule has 0 aromatic heterocycles. The van der Waals surface area contributed by atoms with E-state index in [-0.39, 0.29) is 30.1 Å². The van der Waals surface area contributed by atoms with Gasteiger partial charge in [0.05, 0.1) is 6.61 Å². The lowest BCUT2D eigenvalue weighted by Crippen LogP contribution is -2.54. The van der Waals surface area contributed by atoms with Gasteiger partial charge >= 0.3 is 6.09 Å². The van der Waals surface area contributed by atoms with E-state index in [2.05, 4.69) is 34.0 Å². The lowest BCUT2D eigenvalue weighted by Gasteiger charge is -2.38. The molecule has 2 saturated heterocycles. The molecule has 0 aromatic rings. The molecule has 2 fully saturated rings. The third kappa shape index (κ3) is 6.75. The molecule has 1 amide bonds. The number of rotatable bonds is 4. The Morgan fingerprint density at radius 1 is 1.19 bits per heavy atom. The lowest BCUT2D eigenvalue weighted by molar-refractivity contribution is 0.0912. The van der Waals surface area contributed by atoms with E-state index in [4.69, 9.17) is 4.74 Å². The zero-order chi connectivity index (χ0) is 18.2. The van der Waals surface area contributed by atoms with Gasteiger partial charge in [-0.3, -0.25) is 4.99 Å². The standard InChI is InChI=1S/C18H35N5O2.HI/c1-5-25-18(24)22-11-9-21(10-12-22)17(19-4)20-13-16-7-6-8-23(14-16)15(2)3;/h15-16H,5-14H2,1-4H3,(H,19,20);1H. The average Bonchev–Trinajstić information content (AvgIpc) is 2.63. The van der Waals surface area contributed by atoms with Crippen LogP contribution in [0.25, 0.3) is 0 Å². The SMILES string of the molecule is CCOC(=O)N1CCN(C(=NC)NCC2CCCN(C(C)C)C2)CC1.I. The molecule has 2 rings (SSSR count). The molecule has 0 aromatic carbocycles. The van der Waals surface area contributed by atoms with E-state index in [9.17, 15) is 4.79 Å². The molecule has 0 aliphatic carbocycles. The van der Waals surface area contributed by atoms with Crippen molar-refractivity contribution in [3.8, 4) is 0 Å². The second-order valence-electron chi connectivity index (χ2n) is 7.20. The first-order valence-corrected chi connectivity index (χ1v) is 9.66. The van der Waals surface area contributed by atoms with Gasteiger partial charge < -0.3 is 24.8 Å². The first-order chi connectivity index (χ1) is 12.0. The number of nitrogens with zero attached hydrogens (tertiary/aromatic N) is 4. The highest BCUT2D eigenvalue weighted by Crippen LogP contribution is 2.17. The number of piperidine rings is 1. The molecular formula is C18H36IN5O2. The summed E-state index contributed by atoms with van der Waals surface area (Å²) in [5.41, 5.74) is 0. The lowest BCUT2D eigenvalue weighted by atomic mass is 9.97. The highest BCUT2D eigenvalue weighted by molar-refractivity contribution is 14.0. The van der Waals surface area contributed by atoms with Crippen LogP contribution in [0.2, 0.25) is 0 Å². The van der Waals surface area contributed by atoms with E-state index in [0.29, 0.717) is 31.7 Å². The van der Waals surface area contributed by atoms with Gasteiger partial charge in [0.25, 0.3) is 0 Å². The first-order valence-electron chi connectivity index (χ1n) is 9.66. The molecule has 0 bridgehead atoms. The van der Waals surface area contributed by atoms with Crippen molar-refractivity contribution in [2.75, 3.05) is 59.5 Å². The van der Waals surface area contributed by atoms with Crippen LogP contribution in [-0.4, -0.2) is 92.3 Å². The zero-order valence-corrected chi connectivity index (χ0v) is 19.1. The summed E-state index contributed by atoms with van der Waals surface area (Å²) in [6.45, 7) is 13.1. The number of carbonyl (C=O) groups is 1. The Morgan fingerprint density at radius 2 is 1.85 bits per heavy atom. The number of guanidine groups is 1. The number of nitrogens with one attached hydrogen (secondary N) is 1. The fourth-order valence-electron chi connectivity index (χ4n) is 3.62. The number of ether oxygens (including phenoxy) is 1. The molecule has 1 unspecified atom stereocenters. The monoisotopic (exact) mass is 481 g/mol. The fraction of sp³-hybridized carbons (Fsp3) is 0.889. The Labute approximate surface area is 175 Å². The average molecular weight is 481 g/mol. The smallest absolute Gasteiger partial charge is 0.409 e. The number of carbonyl (C=O) groups excluding carboxylic acids is 1. The molecule has 26 heavy (non-hydrogen) atoms. The normalized spacial score (nSPS) is 22.2. The maximum atomic E-state index is 11.8. The van der Waals surface area contributed by atoms with Gasteiger partial charge in [-0.05, 0) is 46.1 Å². The third-order valence-corrected chi connectivity index (χ3v) is 5.15. The van der Waals surface area contributed by atoms with Gasteiger partial charge in [0.15, 0.2) is 5.96 Å². The van der Waals surface area contributed by atoms with Gasteiger partial charge in [0, 0.05) is 52.4 Å². The van der Waals surface area contributed by atoms with Crippen LogP contribution in [0.15, 0.2) is 4.99 Å². The minimum absolute atomic E-state index is 0. The van der Waals surface area contributed by atoms with E-state index >= 15 is 0 Å². The summed E-state index contributed by atoms with van der Waals surface area (Å²) in [6.07, 6.45) is 2.35. The second-order valence-corrected chi connectivity index (χ2v) is 7.20. The minimum Gasteiger partial charge on any atom is -0.450 e. The summed E-state index contributed by atoms with van der Waals surface area (Å²) < 4.78 is 5.08. The van der Waals surface area contributed by atoms with Crippen LogP contribution < -0.4 is 5.32 Å². The minimum atomic E-state index is -0.207. The van der Waals surface area contributed by atoms with E-state index in [0.717, 1.165) is 32.1 Å². The maximum absolute atomic E-state index is 11.8. The number of halogens is 1. The Kier molecular flexibility index (Phi) is 10.6. The van der Waals surface area contributed by atoms with Crippen molar-refractivity contribution in [2.45, 2.75) is 39.7 Å². The van der Waals surface area contributed by atoms with Crippen molar-refractivity contribution < 1.29 is 9.53 Å². The van der Waals surface area contributed by atoms with E-state index in [1.165, 1.54) is 19.4 Å². The van der Waals surface area contributed by atoms with E-state index in [1.54, 1.807) is 4.90 Å². The van der Waals surface area contributed by atoms with E-state index in [1.807, 2.05) is 14.0 Å². The quantitative estimate of drug-likeness (QED) is 0.379. The molecule has 8 heteroatoms. The highest BCUT2D eigenvalue weighted by Gasteiger charge is 2.25. The van der Waals surface area contributed by atoms with Crippen molar-refractivity contribution >= 4 is 36.0 Å². The van der Waals surface area contributed by atoms with Crippen molar-refractivity contribution in [3.63, 3.8) is 0 Å².